The first-order valence-electron chi connectivity index (χ1n) is 13.0. The van der Waals surface area contributed by atoms with E-state index in [0.29, 0.717) is 28.8 Å². The van der Waals surface area contributed by atoms with Gasteiger partial charge in [0.25, 0.3) is 0 Å². The van der Waals surface area contributed by atoms with Gasteiger partial charge in [-0.1, -0.05) is 78.7 Å². The van der Waals surface area contributed by atoms with Gasteiger partial charge in [0.15, 0.2) is 5.75 Å². The Hall–Kier alpha value is -2.70. The van der Waals surface area contributed by atoms with Crippen LogP contribution in [-0.4, -0.2) is 24.5 Å². The van der Waals surface area contributed by atoms with Gasteiger partial charge < -0.3 is 15.4 Å². The standard InChI is InChI=1S/C30H30ClF3N2O/c31-20-14-15-25(37-30(32,33)34)24(16-20)36-29-27-22-13-7-12-21(17-23(22)27)35-28(29)26(18-8-3-1-4-9-18)19-10-5-2-6-11-19/h1-6,8-11,14-16,21-23,26-29,35-36H,7,12-13,17H2/t21?,22-,23?,27-,28?,29?/m0/s1. The molecule has 1 saturated heterocycles. The van der Waals surface area contributed by atoms with Crippen molar-refractivity contribution in [3.05, 3.63) is 95.0 Å². The van der Waals surface area contributed by atoms with Crippen molar-refractivity contribution in [3.8, 4) is 5.75 Å². The summed E-state index contributed by atoms with van der Waals surface area (Å²) in [6, 6.07) is 25.3. The fourth-order valence-corrected chi connectivity index (χ4v) is 7.16. The van der Waals surface area contributed by atoms with Gasteiger partial charge in [-0.3, -0.25) is 0 Å². The third kappa shape index (κ3) is 5.19. The third-order valence-electron chi connectivity index (χ3n) is 8.44. The molecule has 37 heavy (non-hydrogen) atoms. The summed E-state index contributed by atoms with van der Waals surface area (Å²) in [7, 11) is 0. The quantitative estimate of drug-likeness (QED) is 0.346. The molecule has 0 radical (unpaired) electrons. The Labute approximate surface area is 220 Å². The highest BCUT2D eigenvalue weighted by Crippen LogP contribution is 2.59. The number of alkyl halides is 3. The van der Waals surface area contributed by atoms with Crippen LogP contribution < -0.4 is 15.4 Å². The van der Waals surface area contributed by atoms with Crippen molar-refractivity contribution in [2.75, 3.05) is 5.32 Å². The lowest BCUT2D eigenvalue weighted by atomic mass is 9.80. The molecule has 2 saturated carbocycles. The smallest absolute Gasteiger partial charge is 0.404 e. The van der Waals surface area contributed by atoms with Crippen molar-refractivity contribution in [1.29, 1.82) is 0 Å². The Bertz CT molecular complexity index is 1180. The molecule has 3 fully saturated rings. The molecule has 194 valence electrons. The second-order valence-corrected chi connectivity index (χ2v) is 11.1. The van der Waals surface area contributed by atoms with Gasteiger partial charge in [-0.15, -0.1) is 13.2 Å². The lowest BCUT2D eigenvalue weighted by molar-refractivity contribution is -0.274. The molecule has 4 unspecified atom stereocenters. The highest BCUT2D eigenvalue weighted by atomic mass is 35.5. The van der Waals surface area contributed by atoms with Crippen LogP contribution in [0, 0.1) is 17.8 Å². The van der Waals surface area contributed by atoms with Crippen LogP contribution >= 0.6 is 11.6 Å². The van der Waals surface area contributed by atoms with Crippen LogP contribution in [0.2, 0.25) is 5.02 Å². The van der Waals surface area contributed by atoms with Gasteiger partial charge in [-0.25, -0.2) is 0 Å². The number of fused-ring (bicyclic) bond motifs is 2. The van der Waals surface area contributed by atoms with Crippen LogP contribution in [0.25, 0.3) is 0 Å². The number of ether oxygens (including phenoxy) is 1. The van der Waals surface area contributed by atoms with E-state index in [1.807, 2.05) is 12.1 Å². The minimum atomic E-state index is -4.79. The van der Waals surface area contributed by atoms with Crippen molar-refractivity contribution >= 4 is 17.3 Å². The second kappa shape index (κ2) is 9.88. The molecule has 7 heteroatoms. The summed E-state index contributed by atoms with van der Waals surface area (Å²) in [5.41, 5.74) is 2.65. The Morgan fingerprint density at radius 2 is 1.57 bits per heavy atom. The molecular formula is C30H30ClF3N2O. The van der Waals surface area contributed by atoms with E-state index in [1.54, 1.807) is 6.07 Å². The molecule has 6 atom stereocenters. The topological polar surface area (TPSA) is 33.3 Å². The van der Waals surface area contributed by atoms with Crippen LogP contribution in [0.3, 0.4) is 0 Å². The zero-order chi connectivity index (χ0) is 25.6. The lowest BCUT2D eigenvalue weighted by Crippen LogP contribution is -2.51. The first kappa shape index (κ1) is 24.6. The number of benzene rings is 3. The Morgan fingerprint density at radius 1 is 0.892 bits per heavy atom. The van der Waals surface area contributed by atoms with Crippen molar-refractivity contribution in [3.63, 3.8) is 0 Å². The van der Waals surface area contributed by atoms with E-state index in [9.17, 15) is 13.2 Å². The SMILES string of the molecule is FC(F)(F)Oc1ccc(Cl)cc1NC1C(C(c2ccccc2)c2ccccc2)NC2CCC[C@H]3C(C2)[C@@H]13. The monoisotopic (exact) mass is 526 g/mol. The summed E-state index contributed by atoms with van der Waals surface area (Å²) in [6.07, 6.45) is -0.210. The highest BCUT2D eigenvalue weighted by Gasteiger charge is 2.59. The molecule has 3 aromatic rings. The zero-order valence-corrected chi connectivity index (χ0v) is 21.1. The van der Waals surface area contributed by atoms with Crippen LogP contribution in [0.1, 0.15) is 42.7 Å². The fraction of sp³-hybridized carbons (Fsp3) is 0.400. The van der Waals surface area contributed by atoms with Gasteiger partial charge in [0.1, 0.15) is 0 Å². The minimum absolute atomic E-state index is 0.0201. The molecule has 2 aliphatic carbocycles. The Morgan fingerprint density at radius 3 is 2.22 bits per heavy atom. The Balaban J connectivity index is 1.45. The van der Waals surface area contributed by atoms with E-state index in [4.69, 9.17) is 11.6 Å². The van der Waals surface area contributed by atoms with Crippen molar-refractivity contribution in [2.45, 2.75) is 56.1 Å². The van der Waals surface area contributed by atoms with Crippen LogP contribution in [-0.2, 0) is 0 Å². The van der Waals surface area contributed by atoms with E-state index in [0.717, 1.165) is 12.8 Å². The van der Waals surface area contributed by atoms with E-state index in [-0.39, 0.29) is 29.4 Å². The van der Waals surface area contributed by atoms with Crippen LogP contribution in [0.4, 0.5) is 18.9 Å². The fourth-order valence-electron chi connectivity index (χ4n) is 6.98. The van der Waals surface area contributed by atoms with E-state index < -0.39 is 6.36 Å². The molecule has 0 aromatic heterocycles. The lowest BCUT2D eigenvalue weighted by Gasteiger charge is -2.38. The zero-order valence-electron chi connectivity index (χ0n) is 20.3. The van der Waals surface area contributed by atoms with E-state index >= 15 is 0 Å². The largest absolute Gasteiger partial charge is 0.573 e. The molecule has 3 aromatic carbocycles. The molecule has 1 heterocycles. The maximum absolute atomic E-state index is 13.3. The number of halogens is 4. The van der Waals surface area contributed by atoms with Gasteiger partial charge in [0.2, 0.25) is 0 Å². The number of anilines is 1. The molecule has 3 aliphatic rings. The number of rotatable bonds is 6. The maximum atomic E-state index is 13.3. The molecule has 2 N–H and O–H groups in total. The average Bonchev–Trinajstić information content (AvgIpc) is 3.60. The number of nitrogens with one attached hydrogen (secondary N) is 2. The minimum Gasteiger partial charge on any atom is -0.404 e. The van der Waals surface area contributed by atoms with Gasteiger partial charge in [0, 0.05) is 29.1 Å². The molecule has 0 spiro atoms. The summed E-state index contributed by atoms with van der Waals surface area (Å²) in [4.78, 5) is 0. The second-order valence-electron chi connectivity index (χ2n) is 10.6. The predicted molar refractivity (Wildman–Crippen MR) is 140 cm³/mol. The molecular weight excluding hydrogens is 497 g/mol. The van der Waals surface area contributed by atoms with Crippen LogP contribution in [0.5, 0.6) is 5.75 Å². The van der Waals surface area contributed by atoms with Gasteiger partial charge >= 0.3 is 6.36 Å². The molecule has 0 amide bonds. The Kier molecular flexibility index (Phi) is 6.58. The molecule has 6 rings (SSSR count). The van der Waals surface area contributed by atoms with Gasteiger partial charge in [-0.2, -0.15) is 0 Å². The summed E-state index contributed by atoms with van der Waals surface area (Å²) in [6.45, 7) is 0. The van der Waals surface area contributed by atoms with E-state index in [2.05, 4.69) is 63.9 Å². The summed E-state index contributed by atoms with van der Waals surface area (Å²) in [5.74, 6) is 1.30. The third-order valence-corrected chi connectivity index (χ3v) is 8.68. The van der Waals surface area contributed by atoms with Gasteiger partial charge in [-0.05, 0) is 66.3 Å². The summed E-state index contributed by atoms with van der Waals surface area (Å²) >= 11 is 6.27. The molecule has 1 aliphatic heterocycles. The summed E-state index contributed by atoms with van der Waals surface area (Å²) < 4.78 is 44.3. The van der Waals surface area contributed by atoms with Crippen molar-refractivity contribution < 1.29 is 17.9 Å². The predicted octanol–water partition coefficient (Wildman–Crippen LogP) is 7.63. The number of hydrogen-bond acceptors (Lipinski definition) is 3. The average molecular weight is 527 g/mol. The normalized spacial score (nSPS) is 28.8. The maximum Gasteiger partial charge on any atom is 0.573 e. The first-order chi connectivity index (χ1) is 17.9. The summed E-state index contributed by atoms with van der Waals surface area (Å²) in [5, 5.41) is 7.92. The highest BCUT2D eigenvalue weighted by molar-refractivity contribution is 6.30. The first-order valence-corrected chi connectivity index (χ1v) is 13.4. The molecule has 2 bridgehead atoms. The van der Waals surface area contributed by atoms with Crippen molar-refractivity contribution in [2.24, 2.45) is 17.8 Å². The van der Waals surface area contributed by atoms with Crippen molar-refractivity contribution in [1.82, 2.24) is 5.32 Å². The van der Waals surface area contributed by atoms with E-state index in [1.165, 1.54) is 36.1 Å². The van der Waals surface area contributed by atoms with Crippen LogP contribution in [0.15, 0.2) is 78.9 Å². The molecule has 3 nitrogen and oxygen atoms in total. The number of hydrogen-bond donors (Lipinski definition) is 2. The van der Waals surface area contributed by atoms with Gasteiger partial charge in [0.05, 0.1) is 5.69 Å².